The van der Waals surface area contributed by atoms with Gasteiger partial charge in [0.15, 0.2) is 0 Å². The van der Waals surface area contributed by atoms with Crippen LogP contribution in [-0.4, -0.2) is 52.4 Å². The molecule has 0 aliphatic rings. The van der Waals surface area contributed by atoms with Crippen LogP contribution in [0.25, 0.3) is 0 Å². The molecule has 0 aliphatic heterocycles. The zero-order valence-electron chi connectivity index (χ0n) is 16.7. The van der Waals surface area contributed by atoms with E-state index in [-0.39, 0.29) is 28.9 Å². The Labute approximate surface area is 170 Å². The van der Waals surface area contributed by atoms with Gasteiger partial charge in [0.1, 0.15) is 16.5 Å². The van der Waals surface area contributed by atoms with Gasteiger partial charge in [-0.3, -0.25) is 4.79 Å². The van der Waals surface area contributed by atoms with Gasteiger partial charge in [0.2, 0.25) is 15.9 Å². The highest BCUT2D eigenvalue weighted by atomic mass is 32.2. The number of sulfonamides is 1. The third-order valence-corrected chi connectivity index (χ3v) is 5.94. The van der Waals surface area contributed by atoms with Crippen LogP contribution >= 0.6 is 0 Å². The minimum absolute atomic E-state index is 0.0150. The number of rotatable bonds is 10. The second kappa shape index (κ2) is 10.2. The van der Waals surface area contributed by atoms with Crippen LogP contribution in [0.1, 0.15) is 12.5 Å². The Morgan fingerprint density at radius 3 is 2.45 bits per heavy atom. The second-order valence-electron chi connectivity index (χ2n) is 6.46. The number of ether oxygens (including phenoxy) is 1. The maximum atomic E-state index is 12.9. The van der Waals surface area contributed by atoms with E-state index in [0.717, 1.165) is 9.87 Å². The summed E-state index contributed by atoms with van der Waals surface area (Å²) in [7, 11) is -0.809. The fourth-order valence-corrected chi connectivity index (χ4v) is 3.58. The van der Waals surface area contributed by atoms with E-state index in [4.69, 9.17) is 4.74 Å². The van der Waals surface area contributed by atoms with Gasteiger partial charge in [0.25, 0.3) is 0 Å². The van der Waals surface area contributed by atoms with Crippen molar-refractivity contribution in [2.24, 2.45) is 0 Å². The highest BCUT2D eigenvalue weighted by Crippen LogP contribution is 2.29. The fourth-order valence-electron chi connectivity index (χ4n) is 2.53. The molecule has 2 rings (SSSR count). The van der Waals surface area contributed by atoms with Crippen LogP contribution < -0.4 is 15.4 Å². The molecule has 0 atom stereocenters. The summed E-state index contributed by atoms with van der Waals surface area (Å²) in [4.78, 5) is 12.1. The van der Waals surface area contributed by atoms with Gasteiger partial charge in [-0.1, -0.05) is 12.1 Å². The van der Waals surface area contributed by atoms with Gasteiger partial charge < -0.3 is 15.4 Å². The van der Waals surface area contributed by atoms with Crippen molar-refractivity contribution in [1.82, 2.24) is 9.62 Å². The Balaban J connectivity index is 1.95. The molecule has 0 aromatic heterocycles. The van der Waals surface area contributed by atoms with Crippen LogP contribution in [0.3, 0.4) is 0 Å². The molecule has 2 N–H and O–H groups in total. The van der Waals surface area contributed by atoms with Gasteiger partial charge in [0.05, 0.1) is 13.2 Å². The molecular formula is C20H26FN3O4S. The smallest absolute Gasteiger partial charge is 0.246 e. The lowest BCUT2D eigenvalue weighted by atomic mass is 10.1. The van der Waals surface area contributed by atoms with Crippen molar-refractivity contribution in [3.63, 3.8) is 0 Å². The molecular weight excluding hydrogens is 397 g/mol. The predicted molar refractivity (Wildman–Crippen MR) is 110 cm³/mol. The molecule has 0 unspecified atom stereocenters. The SMILES string of the molecule is CCOc1ccc(NCC(=O)NCCc2ccc(F)cc2)cc1S(=O)(=O)N(C)C. The van der Waals surface area contributed by atoms with E-state index in [2.05, 4.69) is 10.6 Å². The van der Waals surface area contributed by atoms with Gasteiger partial charge in [-0.25, -0.2) is 17.1 Å². The first-order valence-electron chi connectivity index (χ1n) is 9.18. The summed E-state index contributed by atoms with van der Waals surface area (Å²) in [6.07, 6.45) is 0.584. The molecule has 29 heavy (non-hydrogen) atoms. The molecule has 0 spiro atoms. The Kier molecular flexibility index (Phi) is 7.98. The lowest BCUT2D eigenvalue weighted by Crippen LogP contribution is -2.31. The monoisotopic (exact) mass is 423 g/mol. The molecule has 7 nitrogen and oxygen atoms in total. The predicted octanol–water partition coefficient (Wildman–Crippen LogP) is 2.25. The summed E-state index contributed by atoms with van der Waals surface area (Å²) >= 11 is 0. The molecule has 2 aromatic rings. The largest absolute Gasteiger partial charge is 0.492 e. The average Bonchev–Trinajstić information content (AvgIpc) is 2.68. The summed E-state index contributed by atoms with van der Waals surface area (Å²) in [5, 5.41) is 5.69. The first kappa shape index (κ1) is 22.6. The average molecular weight is 424 g/mol. The van der Waals surface area contributed by atoms with E-state index in [0.29, 0.717) is 25.3 Å². The Hall–Kier alpha value is -2.65. The zero-order chi connectivity index (χ0) is 21.4. The molecule has 0 fully saturated rings. The number of carbonyl (C=O) groups is 1. The maximum Gasteiger partial charge on any atom is 0.246 e. The van der Waals surface area contributed by atoms with Crippen molar-refractivity contribution in [2.45, 2.75) is 18.2 Å². The van der Waals surface area contributed by atoms with Crippen molar-refractivity contribution < 1.29 is 22.3 Å². The number of hydrogen-bond donors (Lipinski definition) is 2. The van der Waals surface area contributed by atoms with Crippen LogP contribution in [0.2, 0.25) is 0 Å². The van der Waals surface area contributed by atoms with E-state index in [1.807, 2.05) is 0 Å². The lowest BCUT2D eigenvalue weighted by molar-refractivity contribution is -0.119. The molecule has 1 amide bonds. The zero-order valence-corrected chi connectivity index (χ0v) is 17.6. The molecule has 0 bridgehead atoms. The first-order chi connectivity index (χ1) is 13.7. The van der Waals surface area contributed by atoms with Gasteiger partial charge in [0, 0.05) is 26.3 Å². The van der Waals surface area contributed by atoms with Crippen LogP contribution in [0.15, 0.2) is 47.4 Å². The topological polar surface area (TPSA) is 87.7 Å². The number of carbonyl (C=O) groups excluding carboxylic acids is 1. The van der Waals surface area contributed by atoms with Crippen LogP contribution in [0.4, 0.5) is 10.1 Å². The summed E-state index contributed by atoms with van der Waals surface area (Å²) in [5.41, 5.74) is 1.41. The Morgan fingerprint density at radius 2 is 1.83 bits per heavy atom. The van der Waals surface area contributed by atoms with Gasteiger partial charge >= 0.3 is 0 Å². The number of benzene rings is 2. The van der Waals surface area contributed by atoms with Gasteiger partial charge in [-0.2, -0.15) is 0 Å². The highest BCUT2D eigenvalue weighted by Gasteiger charge is 2.23. The van der Waals surface area contributed by atoms with Crippen molar-refractivity contribution >= 4 is 21.6 Å². The fraction of sp³-hybridized carbons (Fsp3) is 0.350. The Bertz CT molecular complexity index is 931. The lowest BCUT2D eigenvalue weighted by Gasteiger charge is -2.17. The number of nitrogens with one attached hydrogen (secondary N) is 2. The third kappa shape index (κ3) is 6.43. The molecule has 158 valence electrons. The molecule has 0 saturated heterocycles. The quantitative estimate of drug-likeness (QED) is 0.612. The summed E-state index contributed by atoms with van der Waals surface area (Å²) < 4.78 is 44.5. The maximum absolute atomic E-state index is 12.9. The van der Waals surface area contributed by atoms with E-state index >= 15 is 0 Å². The molecule has 0 heterocycles. The standard InChI is InChI=1S/C20H26FN3O4S/c1-4-28-18-10-9-17(13-19(18)29(26,27)24(2)3)23-14-20(25)22-12-11-15-5-7-16(21)8-6-15/h5-10,13,23H,4,11-12,14H2,1-3H3,(H,22,25). The minimum atomic E-state index is -3.70. The van der Waals surface area contributed by atoms with E-state index in [1.54, 1.807) is 31.2 Å². The molecule has 0 aliphatic carbocycles. The minimum Gasteiger partial charge on any atom is -0.492 e. The second-order valence-corrected chi connectivity index (χ2v) is 8.58. The van der Waals surface area contributed by atoms with Crippen molar-refractivity contribution in [2.75, 3.05) is 39.1 Å². The number of nitrogens with zero attached hydrogens (tertiary/aromatic N) is 1. The van der Waals surface area contributed by atoms with Gasteiger partial charge in [-0.05, 0) is 49.2 Å². The molecule has 0 radical (unpaired) electrons. The van der Waals surface area contributed by atoms with Crippen molar-refractivity contribution in [3.05, 3.63) is 53.8 Å². The highest BCUT2D eigenvalue weighted by molar-refractivity contribution is 7.89. The van der Waals surface area contributed by atoms with Crippen LogP contribution in [-0.2, 0) is 21.2 Å². The van der Waals surface area contributed by atoms with Gasteiger partial charge in [-0.15, -0.1) is 0 Å². The number of anilines is 1. The normalized spacial score (nSPS) is 11.3. The Morgan fingerprint density at radius 1 is 1.14 bits per heavy atom. The van der Waals surface area contributed by atoms with Crippen LogP contribution in [0, 0.1) is 5.82 Å². The first-order valence-corrected chi connectivity index (χ1v) is 10.6. The number of hydrogen-bond acceptors (Lipinski definition) is 5. The summed E-state index contributed by atoms with van der Waals surface area (Å²) in [5.74, 6) is -0.276. The molecule has 0 saturated carbocycles. The van der Waals surface area contributed by atoms with Crippen LogP contribution in [0.5, 0.6) is 5.75 Å². The molecule has 9 heteroatoms. The number of amides is 1. The number of halogens is 1. The summed E-state index contributed by atoms with van der Waals surface area (Å²) in [6.45, 7) is 2.50. The van der Waals surface area contributed by atoms with Crippen molar-refractivity contribution in [1.29, 1.82) is 0 Å². The summed E-state index contributed by atoms with van der Waals surface area (Å²) in [6, 6.07) is 10.8. The third-order valence-electron chi connectivity index (χ3n) is 4.10. The van der Waals surface area contributed by atoms with Crippen molar-refractivity contribution in [3.8, 4) is 5.75 Å². The van der Waals surface area contributed by atoms with E-state index in [9.17, 15) is 17.6 Å². The van der Waals surface area contributed by atoms with E-state index in [1.165, 1.54) is 32.3 Å². The molecule has 2 aromatic carbocycles. The van der Waals surface area contributed by atoms with E-state index < -0.39 is 10.0 Å².